The molecule has 84 valence electrons. The number of aromatic amines is 1. The Kier molecular flexibility index (Phi) is 2.54. The van der Waals surface area contributed by atoms with Crippen molar-refractivity contribution < 1.29 is 9.53 Å². The molecule has 2 aromatic rings. The zero-order valence-electron chi connectivity index (χ0n) is 8.76. The van der Waals surface area contributed by atoms with E-state index in [0.29, 0.717) is 5.69 Å². The summed E-state index contributed by atoms with van der Waals surface area (Å²) in [4.78, 5) is 19.4. The van der Waals surface area contributed by atoms with Gasteiger partial charge in [0.15, 0.2) is 0 Å². The van der Waals surface area contributed by atoms with Crippen molar-refractivity contribution in [3.05, 3.63) is 18.2 Å². The van der Waals surface area contributed by atoms with Crippen molar-refractivity contribution in [2.24, 2.45) is 7.05 Å². The second kappa shape index (κ2) is 4.01. The normalized spacial score (nSPS) is 10.1. The van der Waals surface area contributed by atoms with Crippen molar-refractivity contribution in [3.8, 4) is 6.01 Å². The van der Waals surface area contributed by atoms with Gasteiger partial charge in [-0.3, -0.25) is 10.1 Å². The lowest BCUT2D eigenvalue weighted by Crippen LogP contribution is -2.16. The number of anilines is 1. The van der Waals surface area contributed by atoms with Crippen molar-refractivity contribution in [1.29, 1.82) is 0 Å². The summed E-state index contributed by atoms with van der Waals surface area (Å²) >= 11 is 0. The van der Waals surface area contributed by atoms with Crippen LogP contribution in [-0.4, -0.2) is 37.7 Å². The third-order valence-corrected chi connectivity index (χ3v) is 1.93. The van der Waals surface area contributed by atoms with Gasteiger partial charge in [0.25, 0.3) is 5.91 Å². The van der Waals surface area contributed by atoms with Gasteiger partial charge in [0.2, 0.25) is 5.95 Å². The van der Waals surface area contributed by atoms with Crippen LogP contribution in [0.3, 0.4) is 0 Å². The Balaban J connectivity index is 2.11. The first-order valence-electron chi connectivity index (χ1n) is 4.45. The second-order valence-corrected chi connectivity index (χ2v) is 3.01. The molecule has 0 saturated carbocycles. The third kappa shape index (κ3) is 1.85. The van der Waals surface area contributed by atoms with E-state index in [1.165, 1.54) is 19.6 Å². The summed E-state index contributed by atoms with van der Waals surface area (Å²) in [5, 5.41) is 8.75. The third-order valence-electron chi connectivity index (χ3n) is 1.93. The number of amides is 1. The van der Waals surface area contributed by atoms with E-state index in [4.69, 9.17) is 4.74 Å². The highest BCUT2D eigenvalue weighted by Gasteiger charge is 2.12. The summed E-state index contributed by atoms with van der Waals surface area (Å²) in [6.07, 6.45) is 3.00. The van der Waals surface area contributed by atoms with Crippen LogP contribution in [0.1, 0.15) is 10.5 Å². The largest absolute Gasteiger partial charge is 0.466 e. The standard InChI is InChI=1S/C8H10N6O2/c1-14-4-9-3-5(14)6(15)10-7-11-8(16-2)13-12-7/h3-4H,1-2H3,(H2,10,11,12,13,15). The van der Waals surface area contributed by atoms with Crippen molar-refractivity contribution in [3.63, 3.8) is 0 Å². The van der Waals surface area contributed by atoms with Gasteiger partial charge in [-0.1, -0.05) is 0 Å². The lowest BCUT2D eigenvalue weighted by molar-refractivity contribution is 0.101. The molecule has 0 bridgehead atoms. The Bertz CT molecular complexity index is 502. The Morgan fingerprint density at radius 2 is 2.44 bits per heavy atom. The van der Waals surface area contributed by atoms with Gasteiger partial charge in [-0.15, -0.1) is 5.10 Å². The number of hydrogen-bond donors (Lipinski definition) is 2. The van der Waals surface area contributed by atoms with Crippen LogP contribution in [-0.2, 0) is 7.05 Å². The number of ether oxygens (including phenoxy) is 1. The van der Waals surface area contributed by atoms with E-state index in [0.717, 1.165) is 0 Å². The monoisotopic (exact) mass is 222 g/mol. The molecule has 2 rings (SSSR count). The molecule has 0 atom stereocenters. The summed E-state index contributed by atoms with van der Waals surface area (Å²) in [6.45, 7) is 0. The number of aromatic nitrogens is 5. The van der Waals surface area contributed by atoms with Crippen LogP contribution in [0.2, 0.25) is 0 Å². The van der Waals surface area contributed by atoms with E-state index >= 15 is 0 Å². The van der Waals surface area contributed by atoms with Gasteiger partial charge < -0.3 is 9.30 Å². The molecule has 16 heavy (non-hydrogen) atoms. The molecule has 8 heteroatoms. The summed E-state index contributed by atoms with van der Waals surface area (Å²) in [5.74, 6) is -0.0955. The fourth-order valence-electron chi connectivity index (χ4n) is 1.14. The zero-order chi connectivity index (χ0) is 11.5. The fourth-order valence-corrected chi connectivity index (χ4v) is 1.14. The van der Waals surface area contributed by atoms with Gasteiger partial charge in [-0.2, -0.15) is 4.98 Å². The summed E-state index contributed by atoms with van der Waals surface area (Å²) in [5.41, 5.74) is 0.426. The molecule has 0 saturated heterocycles. The van der Waals surface area contributed by atoms with Crippen LogP contribution in [0.4, 0.5) is 5.95 Å². The molecular weight excluding hydrogens is 212 g/mol. The number of nitrogens with one attached hydrogen (secondary N) is 2. The maximum Gasteiger partial charge on any atom is 0.336 e. The number of H-pyrrole nitrogens is 1. The quantitative estimate of drug-likeness (QED) is 0.749. The number of hydrogen-bond acceptors (Lipinski definition) is 5. The first-order chi connectivity index (χ1) is 7.70. The first-order valence-corrected chi connectivity index (χ1v) is 4.45. The van der Waals surface area contributed by atoms with E-state index in [-0.39, 0.29) is 17.9 Å². The van der Waals surface area contributed by atoms with E-state index in [1.807, 2.05) is 0 Å². The van der Waals surface area contributed by atoms with Crippen LogP contribution in [0.5, 0.6) is 6.01 Å². The number of carbonyl (C=O) groups excluding carboxylic acids is 1. The fraction of sp³-hybridized carbons (Fsp3) is 0.250. The van der Waals surface area contributed by atoms with Gasteiger partial charge in [0.1, 0.15) is 5.69 Å². The topological polar surface area (TPSA) is 97.7 Å². The van der Waals surface area contributed by atoms with Crippen LogP contribution < -0.4 is 10.1 Å². The molecule has 0 aliphatic carbocycles. The van der Waals surface area contributed by atoms with Crippen LogP contribution in [0.15, 0.2) is 12.5 Å². The van der Waals surface area contributed by atoms with Crippen molar-refractivity contribution in [2.45, 2.75) is 0 Å². The maximum atomic E-state index is 11.7. The Morgan fingerprint density at radius 3 is 3.00 bits per heavy atom. The molecule has 0 aromatic carbocycles. The number of aryl methyl sites for hydroxylation is 1. The molecule has 0 fully saturated rings. The highest BCUT2D eigenvalue weighted by Crippen LogP contribution is 2.06. The van der Waals surface area contributed by atoms with Crippen LogP contribution in [0, 0.1) is 0 Å². The van der Waals surface area contributed by atoms with Crippen molar-refractivity contribution in [2.75, 3.05) is 12.4 Å². The minimum absolute atomic E-state index is 0.167. The van der Waals surface area contributed by atoms with Crippen molar-refractivity contribution in [1.82, 2.24) is 24.7 Å². The highest BCUT2D eigenvalue weighted by molar-refractivity contribution is 6.01. The lowest BCUT2D eigenvalue weighted by Gasteiger charge is -2.00. The molecule has 8 nitrogen and oxygen atoms in total. The van der Waals surface area contributed by atoms with E-state index in [2.05, 4.69) is 25.5 Å². The molecule has 0 unspecified atom stereocenters. The summed E-state index contributed by atoms with van der Waals surface area (Å²) in [7, 11) is 3.17. The molecule has 1 amide bonds. The van der Waals surface area contributed by atoms with E-state index in [1.54, 1.807) is 11.6 Å². The number of methoxy groups -OCH3 is 1. The molecule has 2 aromatic heterocycles. The van der Waals surface area contributed by atoms with Gasteiger partial charge in [-0.25, -0.2) is 10.1 Å². The first kappa shape index (κ1) is 10.1. The number of nitrogens with zero attached hydrogens (tertiary/aromatic N) is 4. The van der Waals surface area contributed by atoms with Gasteiger partial charge in [0.05, 0.1) is 19.6 Å². The molecule has 2 N–H and O–H groups in total. The average Bonchev–Trinajstić information content (AvgIpc) is 2.86. The van der Waals surface area contributed by atoms with Crippen LogP contribution >= 0.6 is 0 Å². The molecule has 0 spiro atoms. The number of rotatable bonds is 3. The van der Waals surface area contributed by atoms with Crippen molar-refractivity contribution >= 4 is 11.9 Å². The smallest absolute Gasteiger partial charge is 0.336 e. The zero-order valence-corrected chi connectivity index (χ0v) is 8.76. The van der Waals surface area contributed by atoms with Crippen LogP contribution in [0.25, 0.3) is 0 Å². The Labute approximate surface area is 90.7 Å². The molecule has 0 radical (unpaired) electrons. The number of imidazole rings is 1. The Morgan fingerprint density at radius 1 is 1.62 bits per heavy atom. The molecule has 2 heterocycles. The predicted molar refractivity (Wildman–Crippen MR) is 54.1 cm³/mol. The average molecular weight is 222 g/mol. The summed E-state index contributed by atoms with van der Waals surface area (Å²) < 4.78 is 6.37. The minimum atomic E-state index is -0.321. The number of carbonyl (C=O) groups is 1. The highest BCUT2D eigenvalue weighted by atomic mass is 16.5. The SMILES string of the molecule is COc1n[nH]c(NC(=O)c2cncn2C)n1. The molecule has 0 aliphatic heterocycles. The molecule has 0 aliphatic rings. The van der Waals surface area contributed by atoms with Gasteiger partial charge in [-0.05, 0) is 0 Å². The lowest BCUT2D eigenvalue weighted by atomic mass is 10.4. The Hall–Kier alpha value is -2.38. The van der Waals surface area contributed by atoms with Gasteiger partial charge in [0, 0.05) is 7.05 Å². The second-order valence-electron chi connectivity index (χ2n) is 3.01. The summed E-state index contributed by atoms with van der Waals surface area (Å²) in [6, 6.07) is 0.167. The van der Waals surface area contributed by atoms with Gasteiger partial charge >= 0.3 is 6.01 Å². The molecular formula is C8H10N6O2. The minimum Gasteiger partial charge on any atom is -0.466 e. The maximum absolute atomic E-state index is 11.7. The predicted octanol–water partition coefficient (Wildman–Crippen LogP) is -0.201. The van der Waals surface area contributed by atoms with E-state index < -0.39 is 0 Å². The van der Waals surface area contributed by atoms with E-state index in [9.17, 15) is 4.79 Å².